The highest BCUT2D eigenvalue weighted by atomic mass is 35.5. The van der Waals surface area contributed by atoms with Crippen LogP contribution in [0.15, 0.2) is 51.2 Å². The number of thiophene rings is 1. The molecule has 0 aliphatic heterocycles. The third-order valence-electron chi connectivity index (χ3n) is 3.74. The molecule has 0 saturated heterocycles. The predicted octanol–water partition coefficient (Wildman–Crippen LogP) is 4.10. The van der Waals surface area contributed by atoms with Gasteiger partial charge >= 0.3 is 0 Å². The van der Waals surface area contributed by atoms with Crippen LogP contribution in [0.3, 0.4) is 0 Å². The molecule has 0 fully saturated rings. The summed E-state index contributed by atoms with van der Waals surface area (Å²) in [4.78, 5) is 16.3. The average Bonchev–Trinajstić information content (AvgIpc) is 3.30. The Bertz CT molecular complexity index is 1070. The highest BCUT2D eigenvalue weighted by Gasteiger charge is 2.18. The fraction of sp³-hybridized carbons (Fsp3) is 0.222. The number of carbonyl (C=O) groups is 1. The number of rotatable bonds is 7. The summed E-state index contributed by atoms with van der Waals surface area (Å²) in [6.45, 7) is 3.64. The lowest BCUT2D eigenvalue weighted by atomic mass is 10.2. The van der Waals surface area contributed by atoms with Crippen molar-refractivity contribution in [3.63, 3.8) is 0 Å². The van der Waals surface area contributed by atoms with E-state index in [1.807, 2.05) is 13.8 Å². The second kappa shape index (κ2) is 8.44. The molecule has 28 heavy (non-hydrogen) atoms. The molecule has 0 saturated carbocycles. The van der Waals surface area contributed by atoms with Crippen molar-refractivity contribution in [2.45, 2.75) is 24.0 Å². The maximum Gasteiger partial charge on any atom is 0.250 e. The van der Waals surface area contributed by atoms with Gasteiger partial charge in [0.15, 0.2) is 0 Å². The second-order valence-electron chi connectivity index (χ2n) is 6.23. The van der Waals surface area contributed by atoms with Gasteiger partial charge in [-0.1, -0.05) is 25.4 Å². The quantitative estimate of drug-likeness (QED) is 0.577. The smallest absolute Gasteiger partial charge is 0.250 e. The van der Waals surface area contributed by atoms with Crippen LogP contribution >= 0.6 is 22.9 Å². The molecule has 0 aliphatic rings. The molecule has 10 heteroatoms. The Morgan fingerprint density at radius 1 is 1.21 bits per heavy atom. The van der Waals surface area contributed by atoms with E-state index >= 15 is 0 Å². The van der Waals surface area contributed by atoms with Crippen molar-refractivity contribution in [1.29, 1.82) is 0 Å². The molecule has 7 nitrogen and oxygen atoms in total. The van der Waals surface area contributed by atoms with E-state index in [0.717, 1.165) is 22.7 Å². The maximum absolute atomic E-state index is 12.1. The van der Waals surface area contributed by atoms with E-state index in [0.29, 0.717) is 15.9 Å². The molecule has 0 spiro atoms. The Balaban J connectivity index is 1.58. The largest absolute Gasteiger partial charge is 0.441 e. The third-order valence-corrected chi connectivity index (χ3v) is 6.87. The number of hydrogen-bond acceptors (Lipinski definition) is 6. The van der Waals surface area contributed by atoms with E-state index in [4.69, 9.17) is 16.0 Å². The number of benzene rings is 1. The summed E-state index contributed by atoms with van der Waals surface area (Å²) in [6, 6.07) is 9.80. The van der Waals surface area contributed by atoms with Gasteiger partial charge in [-0.2, -0.15) is 0 Å². The van der Waals surface area contributed by atoms with Crippen molar-refractivity contribution in [3.8, 4) is 11.5 Å². The first-order chi connectivity index (χ1) is 13.2. The summed E-state index contributed by atoms with van der Waals surface area (Å²) in [5.74, 6) is 1.06. The molecule has 3 aromatic rings. The number of carbonyl (C=O) groups excluding carboxylic acids is 1. The lowest BCUT2D eigenvalue weighted by Crippen LogP contribution is -2.32. The van der Waals surface area contributed by atoms with Crippen molar-refractivity contribution < 1.29 is 17.6 Å². The Labute approximate surface area is 171 Å². The summed E-state index contributed by atoms with van der Waals surface area (Å²) in [5.41, 5.74) is 1.31. The fourth-order valence-corrected chi connectivity index (χ4v) is 4.77. The zero-order chi connectivity index (χ0) is 20.3. The lowest BCUT2D eigenvalue weighted by Gasteiger charge is -2.07. The fourth-order valence-electron chi connectivity index (χ4n) is 2.26. The van der Waals surface area contributed by atoms with Gasteiger partial charge in [0.25, 0.3) is 10.0 Å². The molecule has 3 rings (SSSR count). The van der Waals surface area contributed by atoms with E-state index in [9.17, 15) is 13.2 Å². The monoisotopic (exact) mass is 439 g/mol. The van der Waals surface area contributed by atoms with Crippen LogP contribution < -0.4 is 10.0 Å². The summed E-state index contributed by atoms with van der Waals surface area (Å²) >= 11 is 6.67. The van der Waals surface area contributed by atoms with Crippen molar-refractivity contribution >= 4 is 44.6 Å². The molecule has 0 atom stereocenters. The Morgan fingerprint density at radius 3 is 2.50 bits per heavy atom. The first kappa shape index (κ1) is 20.5. The SMILES string of the molecule is CC(C)c1cnc(-c2ccc(NC(=O)CNS(=O)(=O)c3ccc(Cl)s3)cc2)o1. The van der Waals surface area contributed by atoms with Gasteiger partial charge in [-0.05, 0) is 36.4 Å². The van der Waals surface area contributed by atoms with Crippen LogP contribution in [-0.2, 0) is 14.8 Å². The van der Waals surface area contributed by atoms with Crippen LogP contribution in [0.5, 0.6) is 0 Å². The first-order valence-corrected chi connectivity index (χ1v) is 11.0. The maximum atomic E-state index is 12.1. The van der Waals surface area contributed by atoms with E-state index < -0.39 is 22.5 Å². The lowest BCUT2D eigenvalue weighted by molar-refractivity contribution is -0.115. The summed E-state index contributed by atoms with van der Waals surface area (Å²) in [6.07, 6.45) is 1.70. The van der Waals surface area contributed by atoms with Crippen LogP contribution in [-0.4, -0.2) is 25.9 Å². The van der Waals surface area contributed by atoms with Crippen molar-refractivity contribution in [2.24, 2.45) is 0 Å². The van der Waals surface area contributed by atoms with Gasteiger partial charge in [-0.15, -0.1) is 11.3 Å². The summed E-state index contributed by atoms with van der Waals surface area (Å²) in [7, 11) is -3.77. The molecule has 2 N–H and O–H groups in total. The van der Waals surface area contributed by atoms with Crippen molar-refractivity contribution in [1.82, 2.24) is 9.71 Å². The molecular formula is C18H18ClN3O4S2. The molecule has 148 valence electrons. The van der Waals surface area contributed by atoms with Crippen LogP contribution in [0.2, 0.25) is 4.34 Å². The van der Waals surface area contributed by atoms with Crippen molar-refractivity contribution in [3.05, 3.63) is 52.7 Å². The molecule has 0 unspecified atom stereocenters. The van der Waals surface area contributed by atoms with Gasteiger partial charge in [0.05, 0.1) is 17.1 Å². The Hall–Kier alpha value is -2.20. The van der Waals surface area contributed by atoms with Crippen LogP contribution in [0.1, 0.15) is 25.5 Å². The molecule has 0 radical (unpaired) electrons. The number of nitrogens with zero attached hydrogens (tertiary/aromatic N) is 1. The zero-order valence-corrected chi connectivity index (χ0v) is 17.5. The van der Waals surface area contributed by atoms with E-state index in [2.05, 4.69) is 15.0 Å². The van der Waals surface area contributed by atoms with Gasteiger partial charge in [0, 0.05) is 17.2 Å². The topological polar surface area (TPSA) is 101 Å². The normalized spacial score (nSPS) is 11.7. The number of nitrogens with one attached hydrogen (secondary N) is 2. The van der Waals surface area contributed by atoms with Gasteiger partial charge in [0.1, 0.15) is 9.97 Å². The third kappa shape index (κ3) is 4.99. The number of oxazole rings is 1. The molecule has 1 amide bonds. The van der Waals surface area contributed by atoms with E-state index in [1.165, 1.54) is 12.1 Å². The predicted molar refractivity (Wildman–Crippen MR) is 109 cm³/mol. The standard InChI is InChI=1S/C18H18ClN3O4S2/c1-11(2)14-9-20-18(26-14)12-3-5-13(6-4-12)22-16(23)10-21-28(24,25)17-8-7-15(19)27-17/h3-9,11,21H,10H2,1-2H3,(H,22,23). The highest BCUT2D eigenvalue weighted by Crippen LogP contribution is 2.26. The summed E-state index contributed by atoms with van der Waals surface area (Å²) in [5, 5.41) is 2.63. The number of aromatic nitrogens is 1. The van der Waals surface area contributed by atoms with Gasteiger partial charge in [-0.25, -0.2) is 18.1 Å². The minimum Gasteiger partial charge on any atom is -0.441 e. The van der Waals surface area contributed by atoms with Gasteiger partial charge in [0.2, 0.25) is 11.8 Å². The molecule has 1 aromatic carbocycles. The van der Waals surface area contributed by atoms with Gasteiger partial charge < -0.3 is 9.73 Å². The van der Waals surface area contributed by atoms with Crippen LogP contribution in [0.25, 0.3) is 11.5 Å². The Morgan fingerprint density at radius 2 is 1.93 bits per heavy atom. The number of hydrogen-bond donors (Lipinski definition) is 2. The number of anilines is 1. The van der Waals surface area contributed by atoms with Gasteiger partial charge in [-0.3, -0.25) is 4.79 Å². The molecule has 2 heterocycles. The summed E-state index contributed by atoms with van der Waals surface area (Å²) < 4.78 is 32.5. The Kier molecular flexibility index (Phi) is 6.19. The van der Waals surface area contributed by atoms with E-state index in [-0.39, 0.29) is 10.1 Å². The van der Waals surface area contributed by atoms with Crippen LogP contribution in [0, 0.1) is 0 Å². The molecule has 0 aliphatic carbocycles. The number of sulfonamides is 1. The first-order valence-electron chi connectivity index (χ1n) is 8.35. The number of halogens is 1. The molecule has 2 aromatic heterocycles. The highest BCUT2D eigenvalue weighted by molar-refractivity contribution is 7.91. The van der Waals surface area contributed by atoms with Crippen LogP contribution in [0.4, 0.5) is 5.69 Å². The zero-order valence-electron chi connectivity index (χ0n) is 15.1. The minimum absolute atomic E-state index is 0.0568. The van der Waals surface area contributed by atoms with Crippen molar-refractivity contribution in [2.75, 3.05) is 11.9 Å². The second-order valence-corrected chi connectivity index (χ2v) is 9.94. The minimum atomic E-state index is -3.77. The molecule has 0 bridgehead atoms. The van der Waals surface area contributed by atoms with E-state index in [1.54, 1.807) is 30.5 Å². The number of amides is 1. The average molecular weight is 440 g/mol. The molecular weight excluding hydrogens is 422 g/mol.